The molecule has 2 heterocycles. The Hall–Kier alpha value is -2.20. The third-order valence-corrected chi connectivity index (χ3v) is 8.00. The van der Waals surface area contributed by atoms with Crippen molar-refractivity contribution < 1.29 is 5.21 Å². The summed E-state index contributed by atoms with van der Waals surface area (Å²) < 4.78 is 0.878. The molecule has 0 atom stereocenters. The standard InChI is InChI=1S/C25H25Cl3N6OS/c1-17-5-8-19(9-6-17)36-34(35)31-30-24(23-20(27)3-2-4-21(23)28)33-14-13-32(16-25(33)11-12-25)22-10-7-18(26)15-29-22/h2-10,15,31,35H,11-14,16H2,1H3/b30-24-. The van der Waals surface area contributed by atoms with Gasteiger partial charge in [0, 0.05) is 42.7 Å². The highest BCUT2D eigenvalue weighted by atomic mass is 35.5. The topological polar surface area (TPSA) is 67.2 Å². The van der Waals surface area contributed by atoms with Crippen LogP contribution in [0.4, 0.5) is 5.82 Å². The van der Waals surface area contributed by atoms with E-state index >= 15 is 0 Å². The molecule has 1 saturated heterocycles. The van der Waals surface area contributed by atoms with Gasteiger partial charge in [-0.05, 0) is 60.7 Å². The van der Waals surface area contributed by atoms with E-state index in [0.717, 1.165) is 58.7 Å². The van der Waals surface area contributed by atoms with Crippen LogP contribution in [0.3, 0.4) is 0 Å². The molecule has 0 radical (unpaired) electrons. The lowest BCUT2D eigenvalue weighted by molar-refractivity contribution is -0.0316. The Morgan fingerprint density at radius 2 is 1.78 bits per heavy atom. The molecule has 3 aromatic rings. The van der Waals surface area contributed by atoms with Crippen LogP contribution < -0.4 is 10.4 Å². The van der Waals surface area contributed by atoms with Gasteiger partial charge in [0.1, 0.15) is 5.82 Å². The van der Waals surface area contributed by atoms with E-state index < -0.39 is 0 Å². The first-order chi connectivity index (χ1) is 17.3. The van der Waals surface area contributed by atoms with Gasteiger partial charge in [0.2, 0.25) is 0 Å². The highest BCUT2D eigenvalue weighted by Gasteiger charge is 2.53. The van der Waals surface area contributed by atoms with E-state index in [2.05, 4.69) is 25.4 Å². The number of piperazine rings is 1. The number of hydrazine groups is 1. The number of hydrogen-bond acceptors (Lipinski definition) is 7. The molecule has 0 unspecified atom stereocenters. The van der Waals surface area contributed by atoms with Gasteiger partial charge in [0.05, 0.1) is 26.2 Å². The zero-order chi connectivity index (χ0) is 25.3. The zero-order valence-corrected chi connectivity index (χ0v) is 22.6. The van der Waals surface area contributed by atoms with Crippen molar-refractivity contribution in [3.05, 3.63) is 87.0 Å². The third kappa shape index (κ3) is 5.54. The fourth-order valence-electron chi connectivity index (χ4n) is 4.40. The van der Waals surface area contributed by atoms with Crippen LogP contribution in [0.2, 0.25) is 15.1 Å². The summed E-state index contributed by atoms with van der Waals surface area (Å²) in [5.41, 5.74) is 4.40. The van der Waals surface area contributed by atoms with Crippen molar-refractivity contribution in [2.24, 2.45) is 5.10 Å². The van der Waals surface area contributed by atoms with E-state index in [4.69, 9.17) is 34.8 Å². The Morgan fingerprint density at radius 3 is 2.42 bits per heavy atom. The van der Waals surface area contributed by atoms with Crippen LogP contribution in [-0.4, -0.2) is 50.7 Å². The molecule has 2 aromatic carbocycles. The summed E-state index contributed by atoms with van der Waals surface area (Å²) in [6, 6.07) is 17.0. The summed E-state index contributed by atoms with van der Waals surface area (Å²) >= 11 is 20.4. The summed E-state index contributed by atoms with van der Waals surface area (Å²) in [4.78, 5) is 9.89. The number of aryl methyl sites for hydroxylation is 1. The minimum atomic E-state index is -0.132. The van der Waals surface area contributed by atoms with Crippen molar-refractivity contribution in [3.8, 4) is 0 Å². The number of rotatable bonds is 6. The number of anilines is 1. The molecule has 0 amide bonds. The number of aromatic nitrogens is 1. The second-order valence-electron chi connectivity index (χ2n) is 8.94. The predicted molar refractivity (Wildman–Crippen MR) is 147 cm³/mol. The minimum Gasteiger partial charge on any atom is -0.352 e. The van der Waals surface area contributed by atoms with Crippen molar-refractivity contribution in [1.29, 1.82) is 0 Å². The molecular formula is C25H25Cl3N6OS. The maximum atomic E-state index is 10.5. The van der Waals surface area contributed by atoms with Crippen molar-refractivity contribution in [2.45, 2.75) is 30.2 Å². The van der Waals surface area contributed by atoms with Gasteiger partial charge < -0.3 is 9.80 Å². The molecular weight excluding hydrogens is 539 g/mol. The molecule has 1 aromatic heterocycles. The van der Waals surface area contributed by atoms with Gasteiger partial charge in [-0.3, -0.25) is 5.21 Å². The Morgan fingerprint density at radius 1 is 1.06 bits per heavy atom. The van der Waals surface area contributed by atoms with Gasteiger partial charge in [-0.2, -0.15) is 0 Å². The number of pyridine rings is 1. The van der Waals surface area contributed by atoms with Crippen molar-refractivity contribution in [1.82, 2.24) is 20.0 Å². The molecule has 7 nitrogen and oxygen atoms in total. The van der Waals surface area contributed by atoms with E-state index in [1.165, 1.54) is 0 Å². The van der Waals surface area contributed by atoms with Crippen molar-refractivity contribution in [3.63, 3.8) is 0 Å². The Bertz CT molecular complexity index is 1230. The second kappa shape index (κ2) is 10.7. The first-order valence-electron chi connectivity index (χ1n) is 11.5. The predicted octanol–water partition coefficient (Wildman–Crippen LogP) is 6.27. The monoisotopic (exact) mass is 562 g/mol. The molecule has 2 aliphatic rings. The average molecular weight is 564 g/mol. The zero-order valence-electron chi connectivity index (χ0n) is 19.5. The summed E-state index contributed by atoms with van der Waals surface area (Å²) in [5, 5.41) is 16.8. The number of hydrazone groups is 1. The van der Waals surface area contributed by atoms with Crippen LogP contribution in [-0.2, 0) is 0 Å². The van der Waals surface area contributed by atoms with Crippen LogP contribution in [0.25, 0.3) is 0 Å². The molecule has 11 heteroatoms. The molecule has 0 bridgehead atoms. The fraction of sp³-hybridized carbons (Fsp3) is 0.280. The average Bonchev–Trinajstić information content (AvgIpc) is 3.62. The van der Waals surface area contributed by atoms with Gasteiger partial charge in [0.15, 0.2) is 5.84 Å². The minimum absolute atomic E-state index is 0.132. The first kappa shape index (κ1) is 25.4. The largest absolute Gasteiger partial charge is 0.352 e. The van der Waals surface area contributed by atoms with Gasteiger partial charge in [-0.25, -0.2) is 10.5 Å². The lowest BCUT2D eigenvalue weighted by Gasteiger charge is -2.44. The molecule has 188 valence electrons. The van der Waals surface area contributed by atoms with Crippen LogP contribution in [0.15, 0.2) is 70.8 Å². The van der Waals surface area contributed by atoms with Gasteiger partial charge >= 0.3 is 0 Å². The molecule has 1 saturated carbocycles. The summed E-state index contributed by atoms with van der Waals surface area (Å²) in [5.74, 6) is 1.49. The number of nitrogens with one attached hydrogen (secondary N) is 1. The quantitative estimate of drug-likeness (QED) is 0.159. The van der Waals surface area contributed by atoms with Crippen LogP contribution in [0.5, 0.6) is 0 Å². The van der Waals surface area contributed by atoms with Gasteiger partial charge in [-0.15, -0.1) is 5.10 Å². The molecule has 2 fully saturated rings. The van der Waals surface area contributed by atoms with Crippen molar-refractivity contribution >= 4 is 58.4 Å². The maximum Gasteiger partial charge on any atom is 0.161 e. The van der Waals surface area contributed by atoms with Crippen molar-refractivity contribution in [2.75, 3.05) is 24.5 Å². The lowest BCUT2D eigenvalue weighted by atomic mass is 10.1. The Kier molecular flexibility index (Phi) is 7.53. The van der Waals surface area contributed by atoms with E-state index in [9.17, 15) is 5.21 Å². The Labute approximate surface area is 229 Å². The first-order valence-corrected chi connectivity index (χ1v) is 13.4. The normalized spacial score (nSPS) is 17.1. The van der Waals surface area contributed by atoms with Crippen LogP contribution in [0, 0.1) is 6.92 Å². The molecule has 5 rings (SSSR count). The molecule has 2 N–H and O–H groups in total. The highest BCUT2D eigenvalue weighted by molar-refractivity contribution is 7.96. The molecule has 1 aliphatic carbocycles. The SMILES string of the molecule is Cc1ccc(SN(O)N/N=C(/c2c(Cl)cccc2Cl)N2CCN(c3ccc(Cl)cn3)CC23CC3)cc1. The third-order valence-electron chi connectivity index (χ3n) is 6.41. The summed E-state index contributed by atoms with van der Waals surface area (Å²) in [7, 11) is 0. The molecule has 1 spiro atoms. The number of halogens is 3. The molecule has 36 heavy (non-hydrogen) atoms. The summed E-state index contributed by atoms with van der Waals surface area (Å²) in [6.07, 6.45) is 3.67. The van der Waals surface area contributed by atoms with E-state index in [1.54, 1.807) is 18.3 Å². The van der Waals surface area contributed by atoms with Crippen LogP contribution in [0.1, 0.15) is 24.0 Å². The summed E-state index contributed by atoms with van der Waals surface area (Å²) in [6.45, 7) is 4.22. The lowest BCUT2D eigenvalue weighted by Crippen LogP contribution is -2.58. The van der Waals surface area contributed by atoms with Crippen LogP contribution >= 0.6 is 46.8 Å². The number of benzene rings is 2. The number of nitrogens with zero attached hydrogens (tertiary/aromatic N) is 5. The van der Waals surface area contributed by atoms with E-state index in [1.807, 2.05) is 49.4 Å². The van der Waals surface area contributed by atoms with Gasteiger partial charge in [0.25, 0.3) is 0 Å². The van der Waals surface area contributed by atoms with E-state index in [-0.39, 0.29) is 5.54 Å². The van der Waals surface area contributed by atoms with E-state index in [0.29, 0.717) is 33.0 Å². The number of hydrogen-bond donors (Lipinski definition) is 2. The Balaban J connectivity index is 1.41. The second-order valence-corrected chi connectivity index (χ2v) is 11.2. The highest BCUT2D eigenvalue weighted by Crippen LogP contribution is 2.46. The van der Waals surface area contributed by atoms with Gasteiger partial charge in [-0.1, -0.05) is 58.6 Å². The smallest absolute Gasteiger partial charge is 0.161 e. The maximum absolute atomic E-state index is 10.5. The molecule has 1 aliphatic heterocycles. The fourth-order valence-corrected chi connectivity index (χ4v) is 5.62. The number of amidine groups is 1.